The smallest absolute Gasteiger partial charge is 0.196 e. The van der Waals surface area contributed by atoms with Crippen LogP contribution in [0.25, 0.3) is 11.3 Å². The fraction of sp³-hybridized carbons (Fsp3) is 0.400. The molecule has 0 aliphatic carbocycles. The number of nitrogens with one attached hydrogen (secondary N) is 1. The highest BCUT2D eigenvalue weighted by Crippen LogP contribution is 2.23. The van der Waals surface area contributed by atoms with E-state index >= 15 is 0 Å². The van der Waals surface area contributed by atoms with Gasteiger partial charge in [0.2, 0.25) is 0 Å². The molecule has 0 unspecified atom stereocenters. The van der Waals surface area contributed by atoms with E-state index < -0.39 is 0 Å². The number of thioether (sulfide) groups is 1. The van der Waals surface area contributed by atoms with Crippen LogP contribution in [0.15, 0.2) is 39.8 Å². The van der Waals surface area contributed by atoms with Gasteiger partial charge in [-0.15, -0.1) is 11.8 Å². The van der Waals surface area contributed by atoms with E-state index in [-0.39, 0.29) is 0 Å². The lowest BCUT2D eigenvalue weighted by molar-refractivity contribution is 0.199. The highest BCUT2D eigenvalue weighted by atomic mass is 32.2. The van der Waals surface area contributed by atoms with Gasteiger partial charge in [0.15, 0.2) is 11.7 Å². The van der Waals surface area contributed by atoms with Gasteiger partial charge in [0.05, 0.1) is 12.8 Å². The van der Waals surface area contributed by atoms with Gasteiger partial charge in [0.25, 0.3) is 0 Å². The number of oxazole rings is 1. The summed E-state index contributed by atoms with van der Waals surface area (Å²) in [6.07, 6.45) is 4.64. The van der Waals surface area contributed by atoms with Gasteiger partial charge in [0.1, 0.15) is 0 Å². The van der Waals surface area contributed by atoms with Crippen molar-refractivity contribution in [3.8, 4) is 11.3 Å². The molecule has 1 N–H and O–H groups in total. The van der Waals surface area contributed by atoms with E-state index in [4.69, 9.17) is 9.15 Å². The van der Waals surface area contributed by atoms with Crippen molar-refractivity contribution in [2.75, 3.05) is 33.1 Å². The molecule has 0 fully saturated rings. The maximum atomic E-state index is 5.76. The van der Waals surface area contributed by atoms with Crippen LogP contribution in [0, 0.1) is 0 Å². The number of nitrogens with zero attached hydrogens (tertiary/aromatic N) is 1. The van der Waals surface area contributed by atoms with Crippen molar-refractivity contribution in [2.45, 2.75) is 11.3 Å². The second-order valence-corrected chi connectivity index (χ2v) is 5.22. The molecule has 0 spiro atoms. The summed E-state index contributed by atoms with van der Waals surface area (Å²) in [4.78, 5) is 5.56. The number of hydrogen-bond donors (Lipinski definition) is 1. The van der Waals surface area contributed by atoms with Crippen molar-refractivity contribution in [1.82, 2.24) is 10.3 Å². The maximum absolute atomic E-state index is 5.76. The van der Waals surface area contributed by atoms with Crippen molar-refractivity contribution in [3.05, 3.63) is 36.4 Å². The lowest BCUT2D eigenvalue weighted by atomic mass is 10.2. The third-order valence-electron chi connectivity index (χ3n) is 2.93. The molecule has 20 heavy (non-hydrogen) atoms. The molecule has 0 aliphatic rings. The van der Waals surface area contributed by atoms with Crippen LogP contribution >= 0.6 is 11.8 Å². The molecule has 4 nitrogen and oxygen atoms in total. The highest BCUT2D eigenvalue weighted by Gasteiger charge is 2.06. The van der Waals surface area contributed by atoms with Crippen molar-refractivity contribution in [1.29, 1.82) is 0 Å². The van der Waals surface area contributed by atoms with Crippen LogP contribution in [0.3, 0.4) is 0 Å². The summed E-state index contributed by atoms with van der Waals surface area (Å²) in [6, 6.07) is 8.31. The number of ether oxygens (including phenoxy) is 1. The van der Waals surface area contributed by atoms with Gasteiger partial charge < -0.3 is 14.5 Å². The molecular weight excluding hydrogens is 272 g/mol. The van der Waals surface area contributed by atoms with Gasteiger partial charge in [-0.2, -0.15) is 0 Å². The molecular formula is C15H20N2O2S. The van der Waals surface area contributed by atoms with Crippen molar-refractivity contribution < 1.29 is 9.15 Å². The van der Waals surface area contributed by atoms with Crippen LogP contribution in [0.4, 0.5) is 0 Å². The van der Waals surface area contributed by atoms with Crippen molar-refractivity contribution >= 4 is 11.8 Å². The minimum absolute atomic E-state index is 0.721. The van der Waals surface area contributed by atoms with Gasteiger partial charge in [0, 0.05) is 37.1 Å². The number of aromatic nitrogens is 1. The Balaban J connectivity index is 1.87. The average molecular weight is 292 g/mol. The number of methoxy groups -OCH3 is 1. The van der Waals surface area contributed by atoms with Crippen LogP contribution in [0.1, 0.15) is 5.89 Å². The summed E-state index contributed by atoms with van der Waals surface area (Å²) < 4.78 is 10.7. The Morgan fingerprint density at radius 1 is 1.25 bits per heavy atom. The largest absolute Gasteiger partial charge is 0.441 e. The standard InChI is InChI=1S/C15H20N2O2S/c1-18-10-9-16-8-7-15-17-11-14(19-15)12-3-5-13(20-2)6-4-12/h3-6,11,16H,7-10H2,1-2H3. The van der Waals surface area contributed by atoms with E-state index in [1.807, 2.05) is 0 Å². The second-order valence-electron chi connectivity index (χ2n) is 4.34. The number of rotatable bonds is 8. The van der Waals surface area contributed by atoms with E-state index in [9.17, 15) is 0 Å². The minimum atomic E-state index is 0.721. The van der Waals surface area contributed by atoms with Crippen LogP contribution in [0.2, 0.25) is 0 Å². The Labute approximate surface area is 123 Å². The Morgan fingerprint density at radius 3 is 2.75 bits per heavy atom. The third-order valence-corrected chi connectivity index (χ3v) is 3.67. The molecule has 0 bridgehead atoms. The molecule has 0 aliphatic heterocycles. The molecule has 0 radical (unpaired) electrons. The summed E-state index contributed by atoms with van der Waals surface area (Å²) in [7, 11) is 1.70. The molecule has 1 aromatic carbocycles. The first-order valence-corrected chi connectivity index (χ1v) is 7.84. The normalized spacial score (nSPS) is 10.9. The molecule has 0 amide bonds. The summed E-state index contributed by atoms with van der Waals surface area (Å²) in [6.45, 7) is 2.41. The Bertz CT molecular complexity index is 511. The fourth-order valence-electron chi connectivity index (χ4n) is 1.81. The predicted molar refractivity (Wildman–Crippen MR) is 82.2 cm³/mol. The quantitative estimate of drug-likeness (QED) is 0.599. The molecule has 5 heteroatoms. The average Bonchev–Trinajstić information content (AvgIpc) is 2.96. The van der Waals surface area contributed by atoms with Gasteiger partial charge >= 0.3 is 0 Å². The molecule has 0 saturated carbocycles. The first kappa shape index (κ1) is 15.1. The Hall–Kier alpha value is -1.30. The summed E-state index contributed by atoms with van der Waals surface area (Å²) in [5, 5.41) is 3.27. The second kappa shape index (κ2) is 8.09. The first-order valence-electron chi connectivity index (χ1n) is 6.62. The zero-order valence-corrected chi connectivity index (χ0v) is 12.7. The first-order chi connectivity index (χ1) is 9.83. The van der Waals surface area contributed by atoms with E-state index in [0.717, 1.165) is 43.3 Å². The molecule has 1 heterocycles. The zero-order chi connectivity index (χ0) is 14.2. The predicted octanol–water partition coefficient (Wildman–Crippen LogP) is 2.84. The van der Waals surface area contributed by atoms with Crippen LogP contribution in [0.5, 0.6) is 0 Å². The van der Waals surface area contributed by atoms with Gasteiger partial charge in [-0.1, -0.05) is 12.1 Å². The zero-order valence-electron chi connectivity index (χ0n) is 11.9. The summed E-state index contributed by atoms with van der Waals surface area (Å²) in [5.74, 6) is 1.59. The summed E-state index contributed by atoms with van der Waals surface area (Å²) in [5.41, 5.74) is 1.06. The van der Waals surface area contributed by atoms with Crippen LogP contribution in [-0.2, 0) is 11.2 Å². The van der Waals surface area contributed by atoms with Crippen LogP contribution in [-0.4, -0.2) is 38.0 Å². The molecule has 1 aromatic heterocycles. The molecule has 0 atom stereocenters. The Morgan fingerprint density at radius 2 is 2.05 bits per heavy atom. The monoisotopic (exact) mass is 292 g/mol. The van der Waals surface area contributed by atoms with Crippen LogP contribution < -0.4 is 5.32 Å². The maximum Gasteiger partial charge on any atom is 0.196 e. The fourth-order valence-corrected chi connectivity index (χ4v) is 2.22. The molecule has 2 aromatic rings. The highest BCUT2D eigenvalue weighted by molar-refractivity contribution is 7.98. The number of hydrogen-bond acceptors (Lipinski definition) is 5. The lowest BCUT2D eigenvalue weighted by Crippen LogP contribution is -2.21. The number of benzene rings is 1. The van der Waals surface area contributed by atoms with Crippen molar-refractivity contribution in [2.24, 2.45) is 0 Å². The van der Waals surface area contributed by atoms with Crippen molar-refractivity contribution in [3.63, 3.8) is 0 Å². The van der Waals surface area contributed by atoms with E-state index in [0.29, 0.717) is 0 Å². The van der Waals surface area contributed by atoms with E-state index in [1.54, 1.807) is 25.1 Å². The minimum Gasteiger partial charge on any atom is -0.441 e. The lowest BCUT2D eigenvalue weighted by Gasteiger charge is -2.01. The molecule has 2 rings (SSSR count). The van der Waals surface area contributed by atoms with Gasteiger partial charge in [-0.3, -0.25) is 0 Å². The van der Waals surface area contributed by atoms with E-state index in [1.165, 1.54) is 4.90 Å². The molecule has 108 valence electrons. The third kappa shape index (κ3) is 4.37. The van der Waals surface area contributed by atoms with Gasteiger partial charge in [-0.25, -0.2) is 4.98 Å². The Kier molecular flexibility index (Phi) is 6.11. The topological polar surface area (TPSA) is 47.3 Å². The SMILES string of the molecule is COCCNCCc1ncc(-c2ccc(SC)cc2)o1. The van der Waals surface area contributed by atoms with Gasteiger partial charge in [-0.05, 0) is 18.4 Å². The molecule has 0 saturated heterocycles. The summed E-state index contributed by atoms with van der Waals surface area (Å²) >= 11 is 1.73. The van der Waals surface area contributed by atoms with E-state index in [2.05, 4.69) is 40.8 Å².